The predicted molar refractivity (Wildman–Crippen MR) is 71.7 cm³/mol. The lowest BCUT2D eigenvalue weighted by Crippen LogP contribution is -1.95. The molecule has 0 spiro atoms. The summed E-state index contributed by atoms with van der Waals surface area (Å²) in [5, 5.41) is 0.662. The molecular weight excluding hydrogens is 246 g/mol. The SMILES string of the molecule is O=C1/C(=C/c2cccnc2)Cc2c(Cl)cccc21. The summed E-state index contributed by atoms with van der Waals surface area (Å²) in [6.45, 7) is 0. The van der Waals surface area contributed by atoms with Gasteiger partial charge in [0.25, 0.3) is 0 Å². The molecule has 1 aromatic carbocycles. The maximum Gasteiger partial charge on any atom is 0.189 e. The number of nitrogens with zero attached hydrogens (tertiary/aromatic N) is 1. The zero-order valence-corrected chi connectivity index (χ0v) is 10.3. The third-order valence-electron chi connectivity index (χ3n) is 3.05. The smallest absolute Gasteiger partial charge is 0.189 e. The number of carbonyl (C=O) groups excluding carboxylic acids is 1. The second-order valence-electron chi connectivity index (χ2n) is 4.23. The first-order chi connectivity index (χ1) is 8.75. The third kappa shape index (κ3) is 1.85. The van der Waals surface area contributed by atoms with Gasteiger partial charge in [-0.2, -0.15) is 0 Å². The Balaban J connectivity index is 2.03. The van der Waals surface area contributed by atoms with Gasteiger partial charge in [-0.15, -0.1) is 0 Å². The number of fused-ring (bicyclic) bond motifs is 1. The molecular formula is C15H10ClNO. The molecule has 2 aromatic rings. The van der Waals surface area contributed by atoms with Crippen LogP contribution in [0, 0.1) is 0 Å². The van der Waals surface area contributed by atoms with Gasteiger partial charge in [0.05, 0.1) is 0 Å². The van der Waals surface area contributed by atoms with E-state index in [2.05, 4.69) is 4.98 Å². The van der Waals surface area contributed by atoms with Crippen LogP contribution >= 0.6 is 11.6 Å². The second kappa shape index (κ2) is 4.39. The average molecular weight is 256 g/mol. The number of aromatic nitrogens is 1. The molecule has 3 heteroatoms. The molecule has 1 heterocycles. The molecule has 0 aliphatic heterocycles. The van der Waals surface area contributed by atoms with Gasteiger partial charge in [-0.25, -0.2) is 0 Å². The summed E-state index contributed by atoms with van der Waals surface area (Å²) in [7, 11) is 0. The highest BCUT2D eigenvalue weighted by Crippen LogP contribution is 2.32. The van der Waals surface area contributed by atoms with Crippen LogP contribution in [0.1, 0.15) is 21.5 Å². The number of Topliss-reactive ketones (excluding diaryl/α,β-unsaturated/α-hetero) is 1. The summed E-state index contributed by atoms with van der Waals surface area (Å²) >= 11 is 6.11. The summed E-state index contributed by atoms with van der Waals surface area (Å²) < 4.78 is 0. The van der Waals surface area contributed by atoms with Gasteiger partial charge in [-0.3, -0.25) is 9.78 Å². The third-order valence-corrected chi connectivity index (χ3v) is 3.40. The van der Waals surface area contributed by atoms with E-state index in [4.69, 9.17) is 11.6 Å². The van der Waals surface area contributed by atoms with Crippen LogP contribution in [0.2, 0.25) is 5.02 Å². The van der Waals surface area contributed by atoms with E-state index in [1.165, 1.54) is 0 Å². The monoisotopic (exact) mass is 255 g/mol. The molecule has 2 nitrogen and oxygen atoms in total. The number of hydrogen-bond acceptors (Lipinski definition) is 2. The highest BCUT2D eigenvalue weighted by Gasteiger charge is 2.26. The average Bonchev–Trinajstić information content (AvgIpc) is 2.70. The Morgan fingerprint density at radius 3 is 2.83 bits per heavy atom. The van der Waals surface area contributed by atoms with Crippen molar-refractivity contribution in [2.75, 3.05) is 0 Å². The Kier molecular flexibility index (Phi) is 2.73. The van der Waals surface area contributed by atoms with Crippen molar-refractivity contribution in [3.63, 3.8) is 0 Å². The number of rotatable bonds is 1. The Hall–Kier alpha value is -1.93. The molecule has 18 heavy (non-hydrogen) atoms. The fraction of sp³-hybridized carbons (Fsp3) is 0.0667. The molecule has 0 amide bonds. The molecule has 0 fully saturated rings. The van der Waals surface area contributed by atoms with Crippen molar-refractivity contribution in [3.05, 3.63) is 70.0 Å². The first-order valence-corrected chi connectivity index (χ1v) is 6.06. The summed E-state index contributed by atoms with van der Waals surface area (Å²) in [5.41, 5.74) is 3.35. The first kappa shape index (κ1) is 11.2. The number of hydrogen-bond donors (Lipinski definition) is 0. The van der Waals surface area contributed by atoms with Crippen LogP contribution in [0.15, 0.2) is 48.3 Å². The molecule has 1 aromatic heterocycles. The Bertz CT molecular complexity index is 647. The van der Waals surface area contributed by atoms with Crippen LogP contribution in [-0.2, 0) is 6.42 Å². The zero-order chi connectivity index (χ0) is 12.5. The van der Waals surface area contributed by atoms with Gasteiger partial charge in [-0.1, -0.05) is 29.8 Å². The maximum absolute atomic E-state index is 12.2. The lowest BCUT2D eigenvalue weighted by Gasteiger charge is -1.97. The van der Waals surface area contributed by atoms with Crippen LogP contribution in [0.4, 0.5) is 0 Å². The number of ketones is 1. The van der Waals surface area contributed by atoms with Gasteiger partial charge in [0, 0.05) is 35.0 Å². The molecule has 88 valence electrons. The summed E-state index contributed by atoms with van der Waals surface area (Å²) in [5.74, 6) is 0.0661. The van der Waals surface area contributed by atoms with E-state index < -0.39 is 0 Å². The minimum Gasteiger partial charge on any atom is -0.289 e. The largest absolute Gasteiger partial charge is 0.289 e. The lowest BCUT2D eigenvalue weighted by molar-refractivity contribution is 0.104. The van der Waals surface area contributed by atoms with Crippen molar-refractivity contribution in [1.29, 1.82) is 0 Å². The van der Waals surface area contributed by atoms with Gasteiger partial charge in [0.15, 0.2) is 5.78 Å². The Labute approximate surface area is 110 Å². The minimum absolute atomic E-state index is 0.0661. The quantitative estimate of drug-likeness (QED) is 0.730. The minimum atomic E-state index is 0.0661. The van der Waals surface area contributed by atoms with Crippen LogP contribution in [0.5, 0.6) is 0 Å². The molecule has 0 atom stereocenters. The van der Waals surface area contributed by atoms with Gasteiger partial charge in [0.1, 0.15) is 0 Å². The molecule has 0 bridgehead atoms. The fourth-order valence-corrected chi connectivity index (χ4v) is 2.42. The standard InChI is InChI=1S/C15H10ClNO/c16-14-5-1-4-12-13(14)8-11(15(12)18)7-10-3-2-6-17-9-10/h1-7,9H,8H2/b11-7+. The molecule has 1 aliphatic carbocycles. The van der Waals surface area contributed by atoms with E-state index in [9.17, 15) is 4.79 Å². The van der Waals surface area contributed by atoms with E-state index in [1.807, 2.05) is 36.4 Å². The van der Waals surface area contributed by atoms with Crippen molar-refractivity contribution >= 4 is 23.5 Å². The highest BCUT2D eigenvalue weighted by atomic mass is 35.5. The molecule has 0 N–H and O–H groups in total. The van der Waals surface area contributed by atoms with Gasteiger partial charge in [-0.05, 0) is 29.3 Å². The van der Waals surface area contributed by atoms with Crippen molar-refractivity contribution < 1.29 is 4.79 Å². The number of carbonyl (C=O) groups is 1. The van der Waals surface area contributed by atoms with Gasteiger partial charge >= 0.3 is 0 Å². The van der Waals surface area contributed by atoms with Crippen LogP contribution < -0.4 is 0 Å². The predicted octanol–water partition coefficient (Wildman–Crippen LogP) is 3.56. The van der Waals surface area contributed by atoms with E-state index in [-0.39, 0.29) is 5.78 Å². The summed E-state index contributed by atoms with van der Waals surface area (Å²) in [6, 6.07) is 9.24. The number of pyridine rings is 1. The summed E-state index contributed by atoms with van der Waals surface area (Å²) in [6.07, 6.45) is 5.93. The number of benzene rings is 1. The fourth-order valence-electron chi connectivity index (χ4n) is 2.17. The van der Waals surface area contributed by atoms with E-state index in [0.717, 1.165) is 22.3 Å². The van der Waals surface area contributed by atoms with Gasteiger partial charge in [0.2, 0.25) is 0 Å². The van der Waals surface area contributed by atoms with Crippen LogP contribution in [0.3, 0.4) is 0 Å². The molecule has 0 unspecified atom stereocenters. The first-order valence-electron chi connectivity index (χ1n) is 5.68. The molecule has 3 rings (SSSR count). The van der Waals surface area contributed by atoms with E-state index >= 15 is 0 Å². The van der Waals surface area contributed by atoms with Crippen molar-refractivity contribution in [2.24, 2.45) is 0 Å². The lowest BCUT2D eigenvalue weighted by atomic mass is 10.1. The van der Waals surface area contributed by atoms with Crippen LogP contribution in [-0.4, -0.2) is 10.8 Å². The molecule has 1 aliphatic rings. The Morgan fingerprint density at radius 1 is 1.22 bits per heavy atom. The van der Waals surface area contributed by atoms with Crippen molar-refractivity contribution in [1.82, 2.24) is 4.98 Å². The number of allylic oxidation sites excluding steroid dienone is 1. The molecule has 0 saturated carbocycles. The highest BCUT2D eigenvalue weighted by molar-refractivity contribution is 6.33. The normalized spacial score (nSPS) is 16.1. The van der Waals surface area contributed by atoms with Crippen LogP contribution in [0.25, 0.3) is 6.08 Å². The zero-order valence-electron chi connectivity index (χ0n) is 9.56. The molecule has 0 radical (unpaired) electrons. The van der Waals surface area contributed by atoms with Gasteiger partial charge < -0.3 is 0 Å². The van der Waals surface area contributed by atoms with E-state index in [0.29, 0.717) is 11.4 Å². The van der Waals surface area contributed by atoms with E-state index in [1.54, 1.807) is 12.4 Å². The van der Waals surface area contributed by atoms with Crippen molar-refractivity contribution in [3.8, 4) is 0 Å². The topological polar surface area (TPSA) is 30.0 Å². The molecule has 0 saturated heterocycles. The summed E-state index contributed by atoms with van der Waals surface area (Å²) in [4.78, 5) is 16.2. The van der Waals surface area contributed by atoms with Crippen molar-refractivity contribution in [2.45, 2.75) is 6.42 Å². The maximum atomic E-state index is 12.2. The Morgan fingerprint density at radius 2 is 2.11 bits per heavy atom. The number of halogens is 1. The second-order valence-corrected chi connectivity index (χ2v) is 4.63.